The quantitative estimate of drug-likeness (QED) is 0.548. The maximum atomic E-state index is 5.90. The Morgan fingerprint density at radius 1 is 1.32 bits per heavy atom. The van der Waals surface area contributed by atoms with E-state index in [1.807, 2.05) is 37.4 Å². The summed E-state index contributed by atoms with van der Waals surface area (Å²) in [6.07, 6.45) is 1.69. The lowest BCUT2D eigenvalue weighted by atomic mass is 10.2. The summed E-state index contributed by atoms with van der Waals surface area (Å²) in [7, 11) is 1.89. The third-order valence-electron chi connectivity index (χ3n) is 4.69. The predicted molar refractivity (Wildman–Crippen MR) is 104 cm³/mol. The van der Waals surface area contributed by atoms with Gasteiger partial charge in [0, 0.05) is 18.9 Å². The molecule has 1 aromatic carbocycles. The molecule has 4 heterocycles. The highest BCUT2D eigenvalue weighted by Gasteiger charge is 2.18. The molecule has 4 aromatic rings. The Labute approximate surface area is 160 Å². The number of nitrogens with one attached hydrogen (secondary N) is 2. The van der Waals surface area contributed by atoms with E-state index in [-0.39, 0.29) is 6.10 Å². The van der Waals surface area contributed by atoms with Crippen LogP contribution in [0.2, 0.25) is 0 Å². The van der Waals surface area contributed by atoms with Gasteiger partial charge in [-0.15, -0.1) is 5.10 Å². The SMILES string of the molecule is Cn1nc(OCC2COCCO2)c2ccc(Nc3n[nH]c4cccnc34)cc21. The number of fused-ring (bicyclic) bond motifs is 2. The summed E-state index contributed by atoms with van der Waals surface area (Å²) >= 11 is 0. The van der Waals surface area contributed by atoms with Crippen molar-refractivity contribution < 1.29 is 14.2 Å². The van der Waals surface area contributed by atoms with Crippen LogP contribution in [0.4, 0.5) is 11.5 Å². The highest BCUT2D eigenvalue weighted by molar-refractivity contribution is 5.91. The van der Waals surface area contributed by atoms with Crippen LogP contribution in [0.1, 0.15) is 0 Å². The molecule has 28 heavy (non-hydrogen) atoms. The second-order valence-corrected chi connectivity index (χ2v) is 6.64. The molecule has 3 aromatic heterocycles. The third kappa shape index (κ3) is 3.14. The highest BCUT2D eigenvalue weighted by atomic mass is 16.6. The zero-order valence-corrected chi connectivity index (χ0v) is 15.4. The molecule has 9 nitrogen and oxygen atoms in total. The van der Waals surface area contributed by atoms with Crippen LogP contribution in [0.15, 0.2) is 36.5 Å². The van der Waals surface area contributed by atoms with Gasteiger partial charge in [0.15, 0.2) is 5.82 Å². The van der Waals surface area contributed by atoms with Crippen molar-refractivity contribution in [2.45, 2.75) is 6.10 Å². The molecule has 0 radical (unpaired) electrons. The van der Waals surface area contributed by atoms with Gasteiger partial charge in [-0.05, 0) is 30.3 Å². The number of aromatic nitrogens is 5. The van der Waals surface area contributed by atoms with Crippen LogP contribution in [-0.2, 0) is 16.5 Å². The molecule has 1 aliphatic rings. The molecular weight excluding hydrogens is 360 g/mol. The summed E-state index contributed by atoms with van der Waals surface area (Å²) in [5.74, 6) is 1.27. The molecule has 5 rings (SSSR count). The van der Waals surface area contributed by atoms with Crippen molar-refractivity contribution in [1.29, 1.82) is 0 Å². The van der Waals surface area contributed by atoms with E-state index in [0.717, 1.165) is 27.6 Å². The molecule has 0 saturated carbocycles. The van der Waals surface area contributed by atoms with E-state index >= 15 is 0 Å². The van der Waals surface area contributed by atoms with Gasteiger partial charge in [-0.1, -0.05) is 0 Å². The summed E-state index contributed by atoms with van der Waals surface area (Å²) in [5, 5.41) is 16.0. The summed E-state index contributed by atoms with van der Waals surface area (Å²) < 4.78 is 18.7. The number of nitrogens with zero attached hydrogens (tertiary/aromatic N) is 4. The van der Waals surface area contributed by atoms with Crippen molar-refractivity contribution in [3.05, 3.63) is 36.5 Å². The number of hydrogen-bond acceptors (Lipinski definition) is 7. The summed E-state index contributed by atoms with van der Waals surface area (Å²) in [5.41, 5.74) is 3.53. The fourth-order valence-electron chi connectivity index (χ4n) is 3.29. The number of hydrogen-bond donors (Lipinski definition) is 2. The Morgan fingerprint density at radius 3 is 3.18 bits per heavy atom. The Morgan fingerprint density at radius 2 is 2.29 bits per heavy atom. The number of anilines is 2. The van der Waals surface area contributed by atoms with Gasteiger partial charge in [-0.2, -0.15) is 5.10 Å². The Bertz CT molecular complexity index is 1120. The van der Waals surface area contributed by atoms with Crippen molar-refractivity contribution in [3.63, 3.8) is 0 Å². The smallest absolute Gasteiger partial charge is 0.240 e. The molecule has 9 heteroatoms. The van der Waals surface area contributed by atoms with Crippen molar-refractivity contribution in [3.8, 4) is 5.88 Å². The lowest BCUT2D eigenvalue weighted by molar-refractivity contribution is -0.101. The van der Waals surface area contributed by atoms with Gasteiger partial charge in [0.2, 0.25) is 5.88 Å². The van der Waals surface area contributed by atoms with Crippen LogP contribution in [0.25, 0.3) is 21.9 Å². The average molecular weight is 380 g/mol. The number of benzene rings is 1. The van der Waals surface area contributed by atoms with Crippen LogP contribution in [0, 0.1) is 0 Å². The molecule has 1 aliphatic heterocycles. The molecule has 2 N–H and O–H groups in total. The molecule has 0 bridgehead atoms. The number of rotatable bonds is 5. The minimum absolute atomic E-state index is 0.0628. The molecule has 144 valence electrons. The predicted octanol–water partition coefficient (Wildman–Crippen LogP) is 2.38. The first-order valence-electron chi connectivity index (χ1n) is 9.13. The Balaban J connectivity index is 1.38. The molecule has 0 aliphatic carbocycles. The van der Waals surface area contributed by atoms with Gasteiger partial charge in [-0.25, -0.2) is 0 Å². The monoisotopic (exact) mass is 380 g/mol. The fourth-order valence-corrected chi connectivity index (χ4v) is 3.29. The third-order valence-corrected chi connectivity index (χ3v) is 4.69. The summed E-state index contributed by atoms with van der Waals surface area (Å²) in [4.78, 5) is 4.37. The van der Waals surface area contributed by atoms with E-state index in [2.05, 4.69) is 25.6 Å². The zero-order valence-electron chi connectivity index (χ0n) is 15.4. The Hall–Kier alpha value is -3.17. The minimum atomic E-state index is -0.0628. The largest absolute Gasteiger partial charge is 0.473 e. The first kappa shape index (κ1) is 17.0. The lowest BCUT2D eigenvalue weighted by Crippen LogP contribution is -2.33. The summed E-state index contributed by atoms with van der Waals surface area (Å²) in [6.45, 7) is 2.20. The number of ether oxygens (including phenoxy) is 3. The standard InChI is InChI=1S/C19H20N6O3/c1-25-16-9-12(21-18-17-15(22-23-18)3-2-6-20-17)4-5-14(16)19(24-25)28-11-13-10-26-7-8-27-13/h2-6,9,13H,7-8,10-11H2,1H3,(H2,21,22,23). The second-order valence-electron chi connectivity index (χ2n) is 6.64. The average Bonchev–Trinajstić information content (AvgIpc) is 3.28. The number of pyridine rings is 1. The van der Waals surface area contributed by atoms with Crippen molar-refractivity contribution in [2.24, 2.45) is 7.05 Å². The van der Waals surface area contributed by atoms with Gasteiger partial charge in [0.1, 0.15) is 18.2 Å². The van der Waals surface area contributed by atoms with Crippen LogP contribution in [-0.4, -0.2) is 57.5 Å². The van der Waals surface area contributed by atoms with Crippen molar-refractivity contribution in [1.82, 2.24) is 25.0 Å². The number of H-pyrrole nitrogens is 1. The van der Waals surface area contributed by atoms with E-state index < -0.39 is 0 Å². The summed E-state index contributed by atoms with van der Waals surface area (Å²) in [6, 6.07) is 9.79. The van der Waals surface area contributed by atoms with E-state index in [4.69, 9.17) is 14.2 Å². The fraction of sp³-hybridized carbons (Fsp3) is 0.316. The van der Waals surface area contributed by atoms with Crippen LogP contribution < -0.4 is 10.1 Å². The van der Waals surface area contributed by atoms with E-state index in [0.29, 0.717) is 38.1 Å². The minimum Gasteiger partial charge on any atom is -0.473 e. The molecule has 0 spiro atoms. The zero-order chi connectivity index (χ0) is 18.9. The van der Waals surface area contributed by atoms with Gasteiger partial charge in [0.25, 0.3) is 0 Å². The molecule has 0 amide bonds. The van der Waals surface area contributed by atoms with E-state index in [1.165, 1.54) is 0 Å². The first-order valence-corrected chi connectivity index (χ1v) is 9.13. The highest BCUT2D eigenvalue weighted by Crippen LogP contribution is 2.29. The van der Waals surface area contributed by atoms with Gasteiger partial charge in [-0.3, -0.25) is 14.8 Å². The van der Waals surface area contributed by atoms with Crippen molar-refractivity contribution >= 4 is 33.4 Å². The topological polar surface area (TPSA) is 99.1 Å². The van der Waals surface area contributed by atoms with Gasteiger partial charge < -0.3 is 19.5 Å². The maximum Gasteiger partial charge on any atom is 0.240 e. The second kappa shape index (κ2) is 7.10. The molecular formula is C19H20N6O3. The first-order chi connectivity index (χ1) is 13.8. The molecule has 1 atom stereocenters. The Kier molecular flexibility index (Phi) is 4.30. The molecule has 1 unspecified atom stereocenters. The lowest BCUT2D eigenvalue weighted by Gasteiger charge is -2.22. The number of aromatic amines is 1. The van der Waals surface area contributed by atoms with Crippen LogP contribution in [0.3, 0.4) is 0 Å². The van der Waals surface area contributed by atoms with Crippen molar-refractivity contribution in [2.75, 3.05) is 31.7 Å². The number of aryl methyl sites for hydroxylation is 1. The molecule has 1 saturated heterocycles. The molecule has 1 fully saturated rings. The van der Waals surface area contributed by atoms with E-state index in [1.54, 1.807) is 10.9 Å². The maximum absolute atomic E-state index is 5.90. The van der Waals surface area contributed by atoms with Gasteiger partial charge >= 0.3 is 0 Å². The van der Waals surface area contributed by atoms with Crippen LogP contribution >= 0.6 is 0 Å². The van der Waals surface area contributed by atoms with Gasteiger partial charge in [0.05, 0.1) is 36.2 Å². The van der Waals surface area contributed by atoms with E-state index in [9.17, 15) is 0 Å². The normalized spacial score (nSPS) is 17.2. The van der Waals surface area contributed by atoms with Crippen LogP contribution in [0.5, 0.6) is 5.88 Å².